The van der Waals surface area contributed by atoms with Crippen molar-refractivity contribution in [2.75, 3.05) is 20.2 Å². The van der Waals surface area contributed by atoms with Gasteiger partial charge in [-0.15, -0.1) is 11.6 Å². The van der Waals surface area contributed by atoms with Gasteiger partial charge < -0.3 is 47.1 Å². The van der Waals surface area contributed by atoms with Crippen molar-refractivity contribution in [1.29, 1.82) is 0 Å². The fourth-order valence-corrected chi connectivity index (χ4v) is 6.57. The number of aliphatic imine (C=N–C) groups is 1. The largest absolute Gasteiger partial charge is 0.496 e. The van der Waals surface area contributed by atoms with E-state index >= 15 is 0 Å². The monoisotopic (exact) mass is 763 g/mol. The molecule has 3 amide bonds. The number of carboxylic acids is 1. The highest BCUT2D eigenvalue weighted by molar-refractivity contribution is 6.23. The molecular formula is C38H46ClN7O8. The molecule has 1 aliphatic heterocycles. The number of pyridine rings is 1. The van der Waals surface area contributed by atoms with Crippen molar-refractivity contribution in [2.24, 2.45) is 16.5 Å². The molecule has 0 radical (unpaired) electrons. The highest BCUT2D eigenvalue weighted by Gasteiger charge is 2.52. The zero-order chi connectivity index (χ0) is 40.1. The molecule has 1 saturated heterocycles. The van der Waals surface area contributed by atoms with E-state index in [0.29, 0.717) is 45.5 Å². The van der Waals surface area contributed by atoms with Gasteiger partial charge in [-0.3, -0.25) is 24.4 Å². The first-order valence-corrected chi connectivity index (χ1v) is 17.5. The van der Waals surface area contributed by atoms with Gasteiger partial charge >= 0.3 is 5.97 Å². The lowest BCUT2D eigenvalue weighted by Crippen LogP contribution is -2.61. The zero-order valence-corrected chi connectivity index (χ0v) is 31.5. The second-order valence-corrected chi connectivity index (χ2v) is 13.8. The maximum Gasteiger partial charge on any atom is 0.352 e. The van der Waals surface area contributed by atoms with E-state index in [1.807, 2.05) is 31.2 Å². The third-order valence-corrected chi connectivity index (χ3v) is 9.92. The summed E-state index contributed by atoms with van der Waals surface area (Å²) >= 11 is 6.72. The van der Waals surface area contributed by atoms with Crippen molar-refractivity contribution in [1.82, 2.24) is 20.5 Å². The first-order chi connectivity index (χ1) is 25.4. The van der Waals surface area contributed by atoms with Gasteiger partial charge in [0.2, 0.25) is 11.8 Å². The molecule has 3 aromatic rings. The van der Waals surface area contributed by atoms with Gasteiger partial charge in [0.1, 0.15) is 23.5 Å². The number of nitrogens with zero attached hydrogens (tertiary/aromatic N) is 3. The van der Waals surface area contributed by atoms with E-state index in [4.69, 9.17) is 27.8 Å². The lowest BCUT2D eigenvalue weighted by molar-refractivity contribution is -0.145. The van der Waals surface area contributed by atoms with Gasteiger partial charge in [-0.1, -0.05) is 31.7 Å². The maximum absolute atomic E-state index is 14.4. The number of aliphatic hydroxyl groups is 2. The summed E-state index contributed by atoms with van der Waals surface area (Å²) in [4.78, 5) is 63.6. The number of guanidine groups is 1. The van der Waals surface area contributed by atoms with Crippen LogP contribution in [0.4, 0.5) is 0 Å². The van der Waals surface area contributed by atoms with Crippen molar-refractivity contribution in [3.63, 3.8) is 0 Å². The Morgan fingerprint density at radius 1 is 1.19 bits per heavy atom. The molecular weight excluding hydrogens is 718 g/mol. The SMILES string of the molecule is C=C(C)c1cnc2ccccc2c1-c1cc(C(=O)NC(C(=O)N2CCC(C)(O)[C@H]2C(=O)N/C(C(=O)O)=C(\C)CC)C(Cl)C(O)CN=C(N)N)ccc1OC. The highest BCUT2D eigenvalue weighted by Crippen LogP contribution is 2.40. The molecule has 2 aromatic carbocycles. The van der Waals surface area contributed by atoms with Crippen molar-refractivity contribution >= 4 is 57.7 Å². The van der Waals surface area contributed by atoms with Crippen LogP contribution in [0.5, 0.6) is 5.75 Å². The summed E-state index contributed by atoms with van der Waals surface area (Å²) in [5.74, 6) is -4.01. The van der Waals surface area contributed by atoms with Crippen LogP contribution in [-0.4, -0.2) is 104 Å². The van der Waals surface area contributed by atoms with Gasteiger partial charge in [-0.05, 0) is 69.0 Å². The van der Waals surface area contributed by atoms with Crippen LogP contribution < -0.4 is 26.8 Å². The molecule has 5 atom stereocenters. The molecule has 0 saturated carbocycles. The molecule has 4 unspecified atom stereocenters. The number of likely N-dealkylation sites (tertiary alicyclic amines) is 1. The number of carboxylic acid groups (broad SMARTS) is 1. The number of para-hydroxylation sites is 1. The smallest absolute Gasteiger partial charge is 0.352 e. The van der Waals surface area contributed by atoms with E-state index in [2.05, 4.69) is 27.2 Å². The Morgan fingerprint density at radius 2 is 1.87 bits per heavy atom. The fourth-order valence-electron chi connectivity index (χ4n) is 6.32. The first-order valence-electron chi connectivity index (χ1n) is 17.1. The number of carbonyl (C=O) groups is 4. The van der Waals surface area contributed by atoms with E-state index in [9.17, 15) is 34.5 Å². The minimum atomic E-state index is -1.81. The van der Waals surface area contributed by atoms with Gasteiger partial charge in [0.15, 0.2) is 5.96 Å². The van der Waals surface area contributed by atoms with Crippen LogP contribution in [0.3, 0.4) is 0 Å². The second-order valence-electron chi connectivity index (χ2n) is 13.3. The number of fused-ring (bicyclic) bond motifs is 1. The number of amides is 3. The summed E-state index contributed by atoms with van der Waals surface area (Å²) in [7, 11) is 1.49. The molecule has 1 aliphatic rings. The van der Waals surface area contributed by atoms with E-state index in [1.54, 1.807) is 25.3 Å². The summed E-state index contributed by atoms with van der Waals surface area (Å²) in [6.45, 7) is 9.90. The topological polar surface area (TPSA) is 243 Å². The van der Waals surface area contributed by atoms with Crippen LogP contribution >= 0.6 is 11.6 Å². The third kappa shape index (κ3) is 8.81. The van der Waals surface area contributed by atoms with Crippen LogP contribution in [0.15, 0.2) is 71.5 Å². The number of aliphatic hydroxyl groups excluding tert-OH is 1. The van der Waals surface area contributed by atoms with Crippen molar-refractivity contribution in [2.45, 2.75) is 69.7 Å². The number of rotatable bonds is 14. The Morgan fingerprint density at radius 3 is 2.48 bits per heavy atom. The number of carbonyl (C=O) groups excluding carboxylic acids is 3. The molecule has 1 aromatic heterocycles. The molecule has 4 rings (SSSR count). The molecule has 0 spiro atoms. The summed E-state index contributed by atoms with van der Waals surface area (Å²) in [5, 5.41) is 36.2. The van der Waals surface area contributed by atoms with Gasteiger partial charge in [-0.25, -0.2) is 4.79 Å². The number of alkyl halides is 1. The number of hydrogen-bond donors (Lipinski definition) is 7. The number of allylic oxidation sites excluding steroid dienone is 2. The zero-order valence-electron chi connectivity index (χ0n) is 30.7. The van der Waals surface area contributed by atoms with E-state index < -0.39 is 65.1 Å². The van der Waals surface area contributed by atoms with Gasteiger partial charge in [0, 0.05) is 40.4 Å². The molecule has 15 nitrogen and oxygen atoms in total. The molecule has 9 N–H and O–H groups in total. The number of aromatic nitrogens is 1. The molecule has 16 heteroatoms. The van der Waals surface area contributed by atoms with Gasteiger partial charge in [-0.2, -0.15) is 0 Å². The van der Waals surface area contributed by atoms with E-state index in [1.165, 1.54) is 27.0 Å². The van der Waals surface area contributed by atoms with E-state index in [0.717, 1.165) is 10.3 Å². The number of halogens is 1. The Hall–Kier alpha value is -5.51. The third-order valence-electron chi connectivity index (χ3n) is 9.38. The first kappa shape index (κ1) is 41.2. The lowest BCUT2D eigenvalue weighted by atomic mass is 9.91. The predicted molar refractivity (Wildman–Crippen MR) is 206 cm³/mol. The number of hydrogen-bond acceptors (Lipinski definition) is 9. The molecule has 54 heavy (non-hydrogen) atoms. The Kier molecular flexibility index (Phi) is 13.1. The summed E-state index contributed by atoms with van der Waals surface area (Å²) < 4.78 is 5.71. The number of nitrogens with one attached hydrogen (secondary N) is 2. The predicted octanol–water partition coefficient (Wildman–Crippen LogP) is 2.52. The quantitative estimate of drug-likeness (QED) is 0.0545. The highest BCUT2D eigenvalue weighted by atomic mass is 35.5. The number of nitrogens with two attached hydrogens (primary N) is 2. The summed E-state index contributed by atoms with van der Waals surface area (Å²) in [5.41, 5.74) is 12.5. The lowest BCUT2D eigenvalue weighted by Gasteiger charge is -2.34. The molecule has 0 aliphatic carbocycles. The van der Waals surface area contributed by atoms with Gasteiger partial charge in [0.05, 0.1) is 36.3 Å². The maximum atomic E-state index is 14.4. The summed E-state index contributed by atoms with van der Waals surface area (Å²) in [6.07, 6.45) is 0.333. The second kappa shape index (κ2) is 17.1. The molecule has 288 valence electrons. The average Bonchev–Trinajstić information content (AvgIpc) is 3.47. The van der Waals surface area contributed by atoms with Gasteiger partial charge in [0.25, 0.3) is 5.91 Å². The fraction of sp³-hybridized carbons (Fsp3) is 0.368. The van der Waals surface area contributed by atoms with Crippen LogP contribution in [-0.2, 0) is 14.4 Å². The Labute approximate surface area is 317 Å². The minimum absolute atomic E-state index is 0.0767. The normalized spacial score (nSPS) is 18.9. The number of ether oxygens (including phenoxy) is 1. The number of aliphatic carboxylic acids is 1. The Bertz CT molecular complexity index is 2030. The van der Waals surface area contributed by atoms with Crippen molar-refractivity contribution in [3.05, 3.63) is 77.6 Å². The molecule has 0 bridgehead atoms. The Balaban J connectivity index is 1.79. The van der Waals surface area contributed by atoms with Crippen LogP contribution in [0.25, 0.3) is 27.6 Å². The number of methoxy groups -OCH3 is 1. The molecule has 2 heterocycles. The van der Waals surface area contributed by atoms with Crippen molar-refractivity contribution < 1.29 is 39.2 Å². The van der Waals surface area contributed by atoms with Crippen LogP contribution in [0, 0.1) is 0 Å². The minimum Gasteiger partial charge on any atom is -0.496 e. The average molecular weight is 764 g/mol. The molecule has 1 fully saturated rings. The standard InChI is InChI=1S/C38H46ClN7O8/c1-7-20(4)30(36(51)52)44-34(49)32-38(5,53)14-15-46(32)35(50)31(29(39)26(47)18-43-37(40)41)45-33(48)21-12-13-27(54-6)23(16-21)28-22-10-8-9-11-25(22)42-17-24(28)19(2)3/h8-13,16-17,26,29,31-32,47,53H,2,7,14-15,18H2,1,3-6H3,(H,44,49)(H,45,48)(H,51,52)(H4,40,41,43)/b30-20+/t26?,29?,31?,32-,38?/m1/s1. The van der Waals surface area contributed by atoms with Crippen molar-refractivity contribution in [3.8, 4) is 16.9 Å². The van der Waals surface area contributed by atoms with Crippen LogP contribution in [0.1, 0.15) is 56.5 Å². The summed E-state index contributed by atoms with van der Waals surface area (Å²) in [6, 6.07) is 8.78. The van der Waals surface area contributed by atoms with Crippen LogP contribution in [0.2, 0.25) is 0 Å². The van der Waals surface area contributed by atoms with E-state index in [-0.39, 0.29) is 24.5 Å². The number of benzene rings is 2.